The topological polar surface area (TPSA) is 22.0 Å². The highest BCUT2D eigenvalue weighted by molar-refractivity contribution is 6.30. The third-order valence-electron chi connectivity index (χ3n) is 2.39. The molecule has 0 saturated carbocycles. The predicted molar refractivity (Wildman–Crippen MR) is 66.0 cm³/mol. The summed E-state index contributed by atoms with van der Waals surface area (Å²) in [7, 11) is 0. The Balaban J connectivity index is 2.31. The van der Waals surface area contributed by atoms with Crippen LogP contribution in [0.3, 0.4) is 0 Å². The highest BCUT2D eigenvalue weighted by atomic mass is 35.5. The molecule has 0 aliphatic heterocycles. The molecule has 1 aromatic heterocycles. The summed E-state index contributed by atoms with van der Waals surface area (Å²) >= 11 is 5.89. The summed E-state index contributed by atoms with van der Waals surface area (Å²) in [5.74, 6) is 0. The number of hydrogen-bond donors (Lipinski definition) is 0. The fourth-order valence-corrected chi connectivity index (χ4v) is 1.78. The predicted octanol–water partition coefficient (Wildman–Crippen LogP) is 2.86. The van der Waals surface area contributed by atoms with Gasteiger partial charge in [0.2, 0.25) is 0 Å². The van der Waals surface area contributed by atoms with E-state index in [1.54, 1.807) is 16.8 Å². The molecule has 2 rings (SSSR count). The van der Waals surface area contributed by atoms with E-state index in [1.165, 1.54) is 0 Å². The Morgan fingerprint density at radius 1 is 1.25 bits per heavy atom. The van der Waals surface area contributed by atoms with Crippen molar-refractivity contribution in [3.8, 4) is 0 Å². The maximum atomic E-state index is 11.7. The Hall–Kier alpha value is -1.54. The lowest BCUT2D eigenvalue weighted by molar-refractivity contribution is 0.757. The molecule has 0 spiro atoms. The molecule has 0 unspecified atom stereocenters. The highest BCUT2D eigenvalue weighted by Gasteiger charge is 1.98. The fraction of sp³-hybridized carbons (Fsp3) is 0.154. The lowest BCUT2D eigenvalue weighted by atomic mass is 10.2. The average molecular weight is 234 g/mol. The number of nitrogens with zero attached hydrogens (tertiary/aromatic N) is 1. The summed E-state index contributed by atoms with van der Waals surface area (Å²) in [6.45, 7) is 2.46. The average Bonchev–Trinajstić information content (AvgIpc) is 2.22. The third-order valence-corrected chi connectivity index (χ3v) is 2.63. The van der Waals surface area contributed by atoms with Gasteiger partial charge in [-0.1, -0.05) is 23.7 Å². The molecule has 3 heteroatoms. The van der Waals surface area contributed by atoms with Crippen molar-refractivity contribution in [2.75, 3.05) is 0 Å². The summed E-state index contributed by atoms with van der Waals surface area (Å²) in [6, 6.07) is 11.1. The van der Waals surface area contributed by atoms with Gasteiger partial charge < -0.3 is 4.57 Å². The number of benzene rings is 1. The van der Waals surface area contributed by atoms with Crippen LogP contribution >= 0.6 is 11.6 Å². The van der Waals surface area contributed by atoms with E-state index in [4.69, 9.17) is 11.6 Å². The number of aryl methyl sites for hydroxylation is 1. The van der Waals surface area contributed by atoms with E-state index >= 15 is 0 Å². The van der Waals surface area contributed by atoms with Crippen molar-refractivity contribution in [2.45, 2.75) is 13.5 Å². The van der Waals surface area contributed by atoms with Crippen molar-refractivity contribution < 1.29 is 0 Å². The molecule has 1 aromatic carbocycles. The zero-order valence-corrected chi connectivity index (χ0v) is 9.74. The number of rotatable bonds is 2. The van der Waals surface area contributed by atoms with Crippen molar-refractivity contribution in [1.29, 1.82) is 0 Å². The van der Waals surface area contributed by atoms with Gasteiger partial charge in [0.25, 0.3) is 5.56 Å². The standard InChI is InChI=1S/C13H12ClNO/c1-10-5-6-15(13(16)7-10)9-11-3-2-4-12(14)8-11/h2-8H,9H2,1H3. The first kappa shape index (κ1) is 11.0. The van der Waals surface area contributed by atoms with Crippen molar-refractivity contribution in [3.05, 3.63) is 69.1 Å². The first-order valence-electron chi connectivity index (χ1n) is 5.07. The second-order valence-electron chi connectivity index (χ2n) is 3.80. The van der Waals surface area contributed by atoms with Crippen LogP contribution in [0.15, 0.2) is 47.4 Å². The minimum absolute atomic E-state index is 0.0139. The summed E-state index contributed by atoms with van der Waals surface area (Å²) in [5, 5.41) is 0.692. The molecule has 1 heterocycles. The lowest BCUT2D eigenvalue weighted by Crippen LogP contribution is -2.19. The number of pyridine rings is 1. The zero-order valence-electron chi connectivity index (χ0n) is 8.98. The van der Waals surface area contributed by atoms with E-state index < -0.39 is 0 Å². The quantitative estimate of drug-likeness (QED) is 0.782. The fourth-order valence-electron chi connectivity index (χ4n) is 1.57. The number of aromatic nitrogens is 1. The zero-order chi connectivity index (χ0) is 11.5. The van der Waals surface area contributed by atoms with Crippen LogP contribution in [0.25, 0.3) is 0 Å². The summed E-state index contributed by atoms with van der Waals surface area (Å²) in [6.07, 6.45) is 1.80. The maximum Gasteiger partial charge on any atom is 0.251 e. The first-order chi connectivity index (χ1) is 7.65. The monoisotopic (exact) mass is 233 g/mol. The van der Waals surface area contributed by atoms with E-state index in [0.29, 0.717) is 11.6 Å². The normalized spacial score (nSPS) is 10.4. The Kier molecular flexibility index (Phi) is 3.11. The molecule has 0 saturated heterocycles. The van der Waals surface area contributed by atoms with Crippen molar-refractivity contribution in [1.82, 2.24) is 4.57 Å². The molecule has 2 nitrogen and oxygen atoms in total. The van der Waals surface area contributed by atoms with Crippen molar-refractivity contribution in [3.63, 3.8) is 0 Å². The molecule has 82 valence electrons. The molecule has 0 aliphatic carbocycles. The van der Waals surface area contributed by atoms with Crippen LogP contribution in [0.2, 0.25) is 5.02 Å². The van der Waals surface area contributed by atoms with Gasteiger partial charge in [-0.05, 0) is 36.2 Å². The van der Waals surface area contributed by atoms with Crippen molar-refractivity contribution in [2.24, 2.45) is 0 Å². The molecule has 0 bridgehead atoms. The number of hydrogen-bond acceptors (Lipinski definition) is 1. The van der Waals surface area contributed by atoms with E-state index in [-0.39, 0.29) is 5.56 Å². The molecule has 0 N–H and O–H groups in total. The maximum absolute atomic E-state index is 11.7. The van der Waals surface area contributed by atoms with Gasteiger partial charge in [-0.15, -0.1) is 0 Å². The molecule has 0 aliphatic rings. The summed E-state index contributed by atoms with van der Waals surface area (Å²) in [4.78, 5) is 11.7. The van der Waals surface area contributed by atoms with Crippen LogP contribution in [-0.2, 0) is 6.54 Å². The molecule has 0 radical (unpaired) electrons. The summed E-state index contributed by atoms with van der Waals surface area (Å²) in [5.41, 5.74) is 2.02. The van der Waals surface area contributed by atoms with Gasteiger partial charge in [-0.2, -0.15) is 0 Å². The third kappa shape index (κ3) is 2.52. The second-order valence-corrected chi connectivity index (χ2v) is 4.24. The Morgan fingerprint density at radius 2 is 2.06 bits per heavy atom. The van der Waals surface area contributed by atoms with E-state index in [1.807, 2.05) is 37.3 Å². The molecular formula is C13H12ClNO. The summed E-state index contributed by atoms with van der Waals surface area (Å²) < 4.78 is 1.67. The van der Waals surface area contributed by atoms with Gasteiger partial charge in [0.05, 0.1) is 6.54 Å². The van der Waals surface area contributed by atoms with Crippen molar-refractivity contribution >= 4 is 11.6 Å². The van der Waals surface area contributed by atoms with Gasteiger partial charge >= 0.3 is 0 Å². The minimum Gasteiger partial charge on any atom is -0.311 e. The molecule has 0 fully saturated rings. The van der Waals surface area contributed by atoms with Crippen LogP contribution in [0.5, 0.6) is 0 Å². The van der Waals surface area contributed by atoms with Gasteiger partial charge in [0.1, 0.15) is 0 Å². The Bertz CT molecular complexity index is 560. The Labute approximate surface area is 99.1 Å². The number of halogens is 1. The van der Waals surface area contributed by atoms with Gasteiger partial charge in [0, 0.05) is 17.3 Å². The van der Waals surface area contributed by atoms with Gasteiger partial charge in [-0.3, -0.25) is 4.79 Å². The second kappa shape index (κ2) is 4.54. The molecular weight excluding hydrogens is 222 g/mol. The van der Waals surface area contributed by atoms with E-state index in [9.17, 15) is 4.79 Å². The SMILES string of the molecule is Cc1ccn(Cc2cccc(Cl)c2)c(=O)c1. The molecule has 16 heavy (non-hydrogen) atoms. The molecule has 0 atom stereocenters. The van der Waals surface area contributed by atoms with Crippen LogP contribution in [0, 0.1) is 6.92 Å². The largest absolute Gasteiger partial charge is 0.311 e. The minimum atomic E-state index is 0.0139. The smallest absolute Gasteiger partial charge is 0.251 e. The van der Waals surface area contributed by atoms with Crippen LogP contribution in [0.4, 0.5) is 0 Å². The van der Waals surface area contributed by atoms with Crippen LogP contribution < -0.4 is 5.56 Å². The van der Waals surface area contributed by atoms with Gasteiger partial charge in [-0.25, -0.2) is 0 Å². The van der Waals surface area contributed by atoms with E-state index in [2.05, 4.69) is 0 Å². The first-order valence-corrected chi connectivity index (χ1v) is 5.44. The van der Waals surface area contributed by atoms with Gasteiger partial charge in [0.15, 0.2) is 0 Å². The lowest BCUT2D eigenvalue weighted by Gasteiger charge is -2.06. The van der Waals surface area contributed by atoms with Crippen LogP contribution in [0.1, 0.15) is 11.1 Å². The van der Waals surface area contributed by atoms with E-state index in [0.717, 1.165) is 11.1 Å². The Morgan fingerprint density at radius 3 is 2.75 bits per heavy atom. The van der Waals surface area contributed by atoms with Crippen LogP contribution in [-0.4, -0.2) is 4.57 Å². The molecule has 2 aromatic rings. The molecule has 0 amide bonds. The highest BCUT2D eigenvalue weighted by Crippen LogP contribution is 2.11.